The number of hydrogen-bond donors (Lipinski definition) is 0. The lowest BCUT2D eigenvalue weighted by atomic mass is 10.1. The molecule has 0 aliphatic carbocycles. The predicted octanol–water partition coefficient (Wildman–Crippen LogP) is 12.6. The van der Waals surface area contributed by atoms with E-state index < -0.39 is 10.0 Å². The molecule has 0 aliphatic rings. The van der Waals surface area contributed by atoms with Crippen LogP contribution in [0, 0.1) is 0 Å². The van der Waals surface area contributed by atoms with E-state index in [-0.39, 0.29) is 0 Å². The number of aromatic nitrogens is 3. The van der Waals surface area contributed by atoms with Crippen molar-refractivity contribution >= 4 is 41.5 Å². The van der Waals surface area contributed by atoms with Gasteiger partial charge in [0.1, 0.15) is 0 Å². The zero-order valence-electron chi connectivity index (χ0n) is 27.1. The zero-order valence-corrected chi connectivity index (χ0v) is 28.7. The van der Waals surface area contributed by atoms with Gasteiger partial charge in [-0.2, -0.15) is 0 Å². The van der Waals surface area contributed by atoms with Crippen LogP contribution in [0.4, 0.5) is 0 Å². The zero-order chi connectivity index (χ0) is 33.3. The molecule has 2 aromatic heterocycles. The average molecular weight is 678 g/mol. The molecule has 0 saturated carbocycles. The molecule has 0 saturated heterocycles. The molecule has 238 valence electrons. The summed E-state index contributed by atoms with van der Waals surface area (Å²) >= 11 is 1.83. The first kappa shape index (κ1) is 30.2. The number of hydrogen-bond acceptors (Lipinski definition) is 4. The minimum absolute atomic E-state index is 0.653. The number of benzene rings is 7. The molecule has 0 unspecified atom stereocenters. The number of thiophene rings is 1. The standard InChI is InChI=1S/C45H31N3S2/c1-6-18-32(19-7-1)43-46-44(33-20-8-2-9-21-33)48-45(47-43)39-30-37(31-41-42(39)38-28-16-17-29-40(38)49-41)50(34-22-10-3-11-23-34,35-24-12-4-13-25-35)36-26-14-5-15-27-36/h1-31H. The highest BCUT2D eigenvalue weighted by Crippen LogP contribution is 2.74. The van der Waals surface area contributed by atoms with Crippen LogP contribution in [-0.2, 0) is 0 Å². The van der Waals surface area contributed by atoms with Crippen molar-refractivity contribution in [2.75, 3.05) is 0 Å². The van der Waals surface area contributed by atoms with Crippen molar-refractivity contribution in [3.05, 3.63) is 188 Å². The van der Waals surface area contributed by atoms with Crippen LogP contribution in [0.1, 0.15) is 0 Å². The minimum atomic E-state index is -1.96. The summed E-state index contributed by atoms with van der Waals surface area (Å²) in [6.45, 7) is 0. The van der Waals surface area contributed by atoms with Gasteiger partial charge in [-0.15, -0.1) is 21.4 Å². The van der Waals surface area contributed by atoms with Crippen molar-refractivity contribution < 1.29 is 0 Å². The van der Waals surface area contributed by atoms with E-state index in [4.69, 9.17) is 15.0 Å². The lowest BCUT2D eigenvalue weighted by Gasteiger charge is -2.42. The Morgan fingerprint density at radius 1 is 0.360 bits per heavy atom. The van der Waals surface area contributed by atoms with Gasteiger partial charge in [-0.3, -0.25) is 0 Å². The minimum Gasteiger partial charge on any atom is -0.208 e. The summed E-state index contributed by atoms with van der Waals surface area (Å²) in [5.74, 6) is 1.97. The lowest BCUT2D eigenvalue weighted by Crippen LogP contribution is -2.06. The van der Waals surface area contributed by atoms with Crippen LogP contribution in [0.15, 0.2) is 208 Å². The van der Waals surface area contributed by atoms with Crippen molar-refractivity contribution in [3.8, 4) is 34.2 Å². The lowest BCUT2D eigenvalue weighted by molar-refractivity contribution is 1.07. The molecule has 0 atom stereocenters. The smallest absolute Gasteiger partial charge is 0.164 e. The van der Waals surface area contributed by atoms with Crippen LogP contribution in [0.25, 0.3) is 54.3 Å². The van der Waals surface area contributed by atoms with E-state index in [0.717, 1.165) is 16.7 Å². The molecular weight excluding hydrogens is 647 g/mol. The molecule has 0 N–H and O–H groups in total. The van der Waals surface area contributed by atoms with Gasteiger partial charge in [-0.1, -0.05) is 133 Å². The van der Waals surface area contributed by atoms with E-state index in [1.54, 1.807) is 0 Å². The molecule has 0 aliphatic heterocycles. The molecule has 7 aromatic carbocycles. The van der Waals surface area contributed by atoms with Gasteiger partial charge in [-0.25, -0.2) is 15.0 Å². The Bertz CT molecular complexity index is 2420. The van der Waals surface area contributed by atoms with E-state index in [2.05, 4.69) is 152 Å². The summed E-state index contributed by atoms with van der Waals surface area (Å²) in [5.41, 5.74) is 2.91. The Labute approximate surface area is 296 Å². The van der Waals surface area contributed by atoms with Gasteiger partial charge in [0.2, 0.25) is 0 Å². The first-order chi connectivity index (χ1) is 24.8. The van der Waals surface area contributed by atoms with Crippen molar-refractivity contribution in [1.29, 1.82) is 0 Å². The number of fused-ring (bicyclic) bond motifs is 3. The summed E-state index contributed by atoms with van der Waals surface area (Å²) < 4.78 is 2.45. The highest BCUT2D eigenvalue weighted by atomic mass is 32.3. The second kappa shape index (κ2) is 12.9. The van der Waals surface area contributed by atoms with Crippen LogP contribution in [-0.4, -0.2) is 15.0 Å². The molecule has 5 heteroatoms. The average Bonchev–Trinajstić information content (AvgIpc) is 3.58. The van der Waals surface area contributed by atoms with E-state index >= 15 is 0 Å². The Morgan fingerprint density at radius 2 is 0.780 bits per heavy atom. The molecule has 0 radical (unpaired) electrons. The fourth-order valence-electron chi connectivity index (χ4n) is 6.80. The van der Waals surface area contributed by atoms with Crippen molar-refractivity contribution in [3.63, 3.8) is 0 Å². The van der Waals surface area contributed by atoms with Crippen LogP contribution < -0.4 is 0 Å². The number of rotatable bonds is 7. The largest absolute Gasteiger partial charge is 0.208 e. The van der Waals surface area contributed by atoms with Gasteiger partial charge in [0.05, 0.1) is 0 Å². The molecule has 0 bridgehead atoms. The predicted molar refractivity (Wildman–Crippen MR) is 209 cm³/mol. The van der Waals surface area contributed by atoms with Gasteiger partial charge in [0.25, 0.3) is 0 Å². The van der Waals surface area contributed by atoms with Crippen molar-refractivity contribution in [2.45, 2.75) is 19.6 Å². The third-order valence-corrected chi connectivity index (χ3v) is 14.0. The highest BCUT2D eigenvalue weighted by molar-refractivity contribution is 8.34. The summed E-state index contributed by atoms with van der Waals surface area (Å²) in [6, 6.07) is 66.9. The summed E-state index contributed by atoms with van der Waals surface area (Å²) in [7, 11) is -1.96. The second-order valence-corrected chi connectivity index (χ2v) is 16.2. The summed E-state index contributed by atoms with van der Waals surface area (Å²) in [6.07, 6.45) is 0. The molecule has 9 rings (SSSR count). The Morgan fingerprint density at radius 3 is 1.28 bits per heavy atom. The highest BCUT2D eigenvalue weighted by Gasteiger charge is 2.34. The quantitative estimate of drug-likeness (QED) is 0.168. The maximum absolute atomic E-state index is 5.27. The maximum Gasteiger partial charge on any atom is 0.164 e. The molecule has 3 nitrogen and oxygen atoms in total. The fraction of sp³-hybridized carbons (Fsp3) is 0. The van der Waals surface area contributed by atoms with E-state index in [1.165, 1.54) is 39.8 Å². The molecule has 50 heavy (non-hydrogen) atoms. The van der Waals surface area contributed by atoms with E-state index in [1.807, 2.05) is 47.7 Å². The van der Waals surface area contributed by atoms with E-state index in [0.29, 0.717) is 17.5 Å². The SMILES string of the molecule is c1ccc(-c2nc(-c3ccccc3)nc(-c3cc(S(c4ccccc4)(c4ccccc4)c4ccccc4)cc4sc5ccccc5c34)n2)cc1. The molecule has 0 spiro atoms. The monoisotopic (exact) mass is 677 g/mol. The normalized spacial score (nSPS) is 11.9. The third-order valence-electron chi connectivity index (χ3n) is 9.04. The Balaban J connectivity index is 1.43. The van der Waals surface area contributed by atoms with Gasteiger partial charge in [0.15, 0.2) is 17.5 Å². The van der Waals surface area contributed by atoms with Crippen LogP contribution in [0.5, 0.6) is 0 Å². The van der Waals surface area contributed by atoms with Crippen LogP contribution in [0.2, 0.25) is 0 Å². The number of nitrogens with zero attached hydrogens (tertiary/aromatic N) is 3. The topological polar surface area (TPSA) is 38.7 Å². The summed E-state index contributed by atoms with van der Waals surface area (Å²) in [5, 5.41) is 2.37. The molecule has 0 fully saturated rings. The molecule has 2 heterocycles. The van der Waals surface area contributed by atoms with E-state index in [9.17, 15) is 0 Å². The Kier molecular flexibility index (Phi) is 7.77. The Hall–Kier alpha value is -5.88. The summed E-state index contributed by atoms with van der Waals surface area (Å²) in [4.78, 5) is 20.6. The van der Waals surface area contributed by atoms with Crippen molar-refractivity contribution in [2.24, 2.45) is 0 Å². The maximum atomic E-state index is 5.27. The fourth-order valence-corrected chi connectivity index (χ4v) is 12.0. The molecule has 0 amide bonds. The first-order valence-corrected chi connectivity index (χ1v) is 19.1. The molecular formula is C45H31N3S2. The second-order valence-electron chi connectivity index (χ2n) is 12.0. The molecule has 9 aromatic rings. The third kappa shape index (κ3) is 5.19. The van der Waals surface area contributed by atoms with Gasteiger partial charge in [-0.05, 0) is 54.6 Å². The van der Waals surface area contributed by atoms with Crippen LogP contribution >= 0.6 is 21.4 Å². The van der Waals surface area contributed by atoms with Crippen LogP contribution in [0.3, 0.4) is 0 Å². The first-order valence-electron chi connectivity index (χ1n) is 16.6. The van der Waals surface area contributed by atoms with Crippen molar-refractivity contribution in [1.82, 2.24) is 15.0 Å². The van der Waals surface area contributed by atoms with Gasteiger partial charge in [0, 0.05) is 56.4 Å². The van der Waals surface area contributed by atoms with Gasteiger partial charge >= 0.3 is 0 Å². The van der Waals surface area contributed by atoms with Gasteiger partial charge < -0.3 is 0 Å².